The molecule has 0 aliphatic rings. The Kier molecular flexibility index (Phi) is 19.0. The van der Waals surface area contributed by atoms with Crippen LogP contribution in [-0.4, -0.2) is 76.3 Å². The van der Waals surface area contributed by atoms with Crippen molar-refractivity contribution in [2.75, 3.05) is 65.4 Å². The van der Waals surface area contributed by atoms with E-state index in [4.69, 9.17) is 11.5 Å². The van der Waals surface area contributed by atoms with E-state index in [0.29, 0.717) is 6.54 Å². The van der Waals surface area contributed by atoms with E-state index in [1.165, 1.54) is 12.8 Å². The van der Waals surface area contributed by atoms with Gasteiger partial charge in [0, 0.05) is 20.0 Å². The fourth-order valence-corrected chi connectivity index (χ4v) is 2.55. The predicted molar refractivity (Wildman–Crippen MR) is 107 cm³/mol. The second kappa shape index (κ2) is 19.6. The number of nitrogens with zero attached hydrogens (tertiary/aromatic N) is 1. The van der Waals surface area contributed by atoms with Crippen LogP contribution in [0.2, 0.25) is 0 Å². The number of rotatable bonds is 19. The number of hydrogen-bond acceptors (Lipinski definition) is 6. The third-order valence-corrected chi connectivity index (χ3v) is 4.08. The van der Waals surface area contributed by atoms with Crippen molar-refractivity contribution < 1.29 is 4.79 Å². The minimum Gasteiger partial charge on any atom is -0.343 e. The highest BCUT2D eigenvalue weighted by Crippen LogP contribution is 1.94. The number of nitrogens with two attached hydrogens (primary N) is 2. The molecule has 0 spiro atoms. The molecule has 0 fully saturated rings. The summed E-state index contributed by atoms with van der Waals surface area (Å²) in [6.07, 6.45) is 6.45. The summed E-state index contributed by atoms with van der Waals surface area (Å²) in [5.41, 5.74) is 11.0. The third kappa shape index (κ3) is 17.9. The highest BCUT2D eigenvalue weighted by atomic mass is 16.2. The number of hydrogen-bond donors (Lipinski definition) is 5. The van der Waals surface area contributed by atoms with Gasteiger partial charge < -0.3 is 32.3 Å². The lowest BCUT2D eigenvalue weighted by molar-refractivity contribution is -0.128. The summed E-state index contributed by atoms with van der Waals surface area (Å²) in [7, 11) is 0. The van der Waals surface area contributed by atoms with Gasteiger partial charge in [-0.3, -0.25) is 4.79 Å². The molecule has 25 heavy (non-hydrogen) atoms. The van der Waals surface area contributed by atoms with Crippen molar-refractivity contribution >= 4 is 5.91 Å². The summed E-state index contributed by atoms with van der Waals surface area (Å²) in [5, 5.41) is 10.3. The van der Waals surface area contributed by atoms with Crippen molar-refractivity contribution in [2.24, 2.45) is 11.5 Å². The highest BCUT2D eigenvalue weighted by molar-refractivity contribution is 5.73. The van der Waals surface area contributed by atoms with Crippen molar-refractivity contribution in [3.05, 3.63) is 0 Å². The number of nitrogens with one attached hydrogen (secondary N) is 3. The number of carbonyl (C=O) groups excluding carboxylic acids is 1. The Morgan fingerprint density at radius 2 is 1.12 bits per heavy atom. The molecule has 0 heterocycles. The molecule has 0 aliphatic carbocycles. The summed E-state index contributed by atoms with van der Waals surface area (Å²) in [5.74, 6) is 0.145. The van der Waals surface area contributed by atoms with Crippen LogP contribution < -0.4 is 27.4 Å². The average molecular weight is 359 g/mol. The molecule has 0 atom stereocenters. The summed E-state index contributed by atoms with van der Waals surface area (Å²) < 4.78 is 0. The van der Waals surface area contributed by atoms with Crippen LogP contribution in [0.3, 0.4) is 0 Å². The van der Waals surface area contributed by atoms with Crippen molar-refractivity contribution in [1.82, 2.24) is 20.9 Å². The van der Waals surface area contributed by atoms with Crippen molar-refractivity contribution in [3.8, 4) is 0 Å². The fraction of sp³-hybridized carbons (Fsp3) is 0.944. The van der Waals surface area contributed by atoms with Gasteiger partial charge in [-0.15, -0.1) is 0 Å². The lowest BCUT2D eigenvalue weighted by atomic mass is 10.3. The Labute approximate surface area is 154 Å². The molecule has 7 nitrogen and oxygen atoms in total. The normalized spacial score (nSPS) is 11.0. The summed E-state index contributed by atoms with van der Waals surface area (Å²) in [4.78, 5) is 13.4. The molecule has 0 saturated heterocycles. The fourth-order valence-electron chi connectivity index (χ4n) is 2.55. The van der Waals surface area contributed by atoms with E-state index in [2.05, 4.69) is 16.0 Å². The van der Waals surface area contributed by atoms with Gasteiger partial charge in [0.2, 0.25) is 5.91 Å². The van der Waals surface area contributed by atoms with E-state index in [9.17, 15) is 4.79 Å². The van der Waals surface area contributed by atoms with E-state index in [-0.39, 0.29) is 5.91 Å². The third-order valence-electron chi connectivity index (χ3n) is 4.08. The maximum absolute atomic E-state index is 11.5. The van der Waals surface area contributed by atoms with Gasteiger partial charge >= 0.3 is 0 Å². The zero-order valence-electron chi connectivity index (χ0n) is 16.3. The Morgan fingerprint density at radius 3 is 1.60 bits per heavy atom. The molecule has 0 bridgehead atoms. The van der Waals surface area contributed by atoms with E-state index in [1.807, 2.05) is 4.90 Å². The quantitative estimate of drug-likeness (QED) is 0.206. The van der Waals surface area contributed by atoms with Crippen molar-refractivity contribution in [1.29, 1.82) is 0 Å². The maximum Gasteiger partial charge on any atom is 0.219 e. The van der Waals surface area contributed by atoms with Gasteiger partial charge in [0.25, 0.3) is 0 Å². The van der Waals surface area contributed by atoms with Gasteiger partial charge in [0.15, 0.2) is 0 Å². The second-order valence-electron chi connectivity index (χ2n) is 6.45. The molecule has 0 aromatic heterocycles. The van der Waals surface area contributed by atoms with Gasteiger partial charge in [-0.25, -0.2) is 0 Å². The first kappa shape index (κ1) is 24.3. The topological polar surface area (TPSA) is 108 Å². The number of unbranched alkanes of at least 4 members (excludes halogenated alkanes) is 1. The van der Waals surface area contributed by atoms with E-state index >= 15 is 0 Å². The van der Waals surface area contributed by atoms with Crippen LogP contribution in [0, 0.1) is 0 Å². The molecular weight excluding hydrogens is 316 g/mol. The molecule has 0 rings (SSSR count). The molecule has 0 aromatic carbocycles. The second-order valence-corrected chi connectivity index (χ2v) is 6.45. The van der Waals surface area contributed by atoms with Crippen LogP contribution in [0.25, 0.3) is 0 Å². The highest BCUT2D eigenvalue weighted by Gasteiger charge is 2.06. The molecule has 0 radical (unpaired) electrons. The Morgan fingerprint density at radius 1 is 0.680 bits per heavy atom. The molecule has 1 amide bonds. The smallest absolute Gasteiger partial charge is 0.219 e. The first-order valence-corrected chi connectivity index (χ1v) is 10.00. The lowest BCUT2D eigenvalue weighted by Crippen LogP contribution is -2.33. The molecule has 0 unspecified atom stereocenters. The average Bonchev–Trinajstić information content (AvgIpc) is 2.60. The van der Waals surface area contributed by atoms with Crippen LogP contribution >= 0.6 is 0 Å². The summed E-state index contributed by atoms with van der Waals surface area (Å²) in [6, 6.07) is 0. The standard InChI is InChI=1S/C18H42N6O/c1-18(25)24(16-4-9-20)17-7-15-23-14-6-13-22-12-5-11-21-10-3-2-8-19/h21-23H,2-17,19-20H2,1H3. The van der Waals surface area contributed by atoms with Crippen molar-refractivity contribution in [3.63, 3.8) is 0 Å². The minimum absolute atomic E-state index is 0.145. The molecule has 0 aromatic rings. The largest absolute Gasteiger partial charge is 0.343 e. The van der Waals surface area contributed by atoms with Crippen LogP contribution in [0.5, 0.6) is 0 Å². The Bertz CT molecular complexity index is 291. The van der Waals surface area contributed by atoms with Gasteiger partial charge in [0.05, 0.1) is 0 Å². The molecule has 0 aliphatic heterocycles. The van der Waals surface area contributed by atoms with Crippen LogP contribution in [0.15, 0.2) is 0 Å². The number of amides is 1. The van der Waals surface area contributed by atoms with Crippen LogP contribution in [-0.2, 0) is 4.79 Å². The summed E-state index contributed by atoms with van der Waals surface area (Å²) >= 11 is 0. The molecule has 150 valence electrons. The zero-order valence-corrected chi connectivity index (χ0v) is 16.3. The number of carbonyl (C=O) groups is 1. The SMILES string of the molecule is CC(=O)N(CCCN)CCCNCCCNCCCNCCCCN. The van der Waals surface area contributed by atoms with Gasteiger partial charge in [-0.05, 0) is 90.9 Å². The Hall–Kier alpha value is -0.730. The molecule has 7 heteroatoms. The van der Waals surface area contributed by atoms with E-state index in [0.717, 1.165) is 84.6 Å². The lowest BCUT2D eigenvalue weighted by Gasteiger charge is -2.20. The van der Waals surface area contributed by atoms with Gasteiger partial charge in [-0.2, -0.15) is 0 Å². The van der Waals surface area contributed by atoms with Gasteiger partial charge in [0.1, 0.15) is 0 Å². The monoisotopic (exact) mass is 358 g/mol. The van der Waals surface area contributed by atoms with Crippen LogP contribution in [0.1, 0.15) is 45.4 Å². The molecular formula is C18H42N6O. The maximum atomic E-state index is 11.5. The van der Waals surface area contributed by atoms with Crippen LogP contribution in [0.4, 0.5) is 0 Å². The first-order valence-electron chi connectivity index (χ1n) is 10.00. The van der Waals surface area contributed by atoms with Gasteiger partial charge in [-0.1, -0.05) is 0 Å². The van der Waals surface area contributed by atoms with E-state index < -0.39 is 0 Å². The summed E-state index contributed by atoms with van der Waals surface area (Å²) in [6.45, 7) is 10.9. The zero-order chi connectivity index (χ0) is 18.6. The molecule has 0 saturated carbocycles. The predicted octanol–water partition coefficient (Wildman–Crippen LogP) is -0.138. The molecule has 7 N–H and O–H groups in total. The first-order chi connectivity index (χ1) is 12.2. The van der Waals surface area contributed by atoms with Crippen molar-refractivity contribution in [2.45, 2.75) is 45.4 Å². The Balaban J connectivity index is 3.24. The minimum atomic E-state index is 0.145. The van der Waals surface area contributed by atoms with E-state index in [1.54, 1.807) is 6.92 Å².